The van der Waals surface area contributed by atoms with Crippen LogP contribution < -0.4 is 5.32 Å². The minimum atomic E-state index is -0.502. The maximum absolute atomic E-state index is 11.1. The van der Waals surface area contributed by atoms with Gasteiger partial charge in [0.1, 0.15) is 5.69 Å². The monoisotopic (exact) mass is 230 g/mol. The van der Waals surface area contributed by atoms with Crippen LogP contribution in [0, 0.1) is 10.1 Å². The maximum Gasteiger partial charge on any atom is 0.293 e. The predicted octanol–water partition coefficient (Wildman–Crippen LogP) is 2.71. The van der Waals surface area contributed by atoms with Crippen molar-refractivity contribution in [1.29, 1.82) is 0 Å². The summed E-state index contributed by atoms with van der Waals surface area (Å²) in [5.41, 5.74) is 0.152. The molecule has 0 saturated carbocycles. The van der Waals surface area contributed by atoms with Gasteiger partial charge >= 0.3 is 0 Å². The molecule has 0 aromatic heterocycles. The summed E-state index contributed by atoms with van der Waals surface area (Å²) in [7, 11) is 0. The number of nitro groups is 1. The van der Waals surface area contributed by atoms with Gasteiger partial charge in [-0.15, -0.1) is 0 Å². The van der Waals surface area contributed by atoms with Gasteiger partial charge in [0.2, 0.25) is 5.91 Å². The van der Waals surface area contributed by atoms with E-state index >= 15 is 0 Å². The van der Waals surface area contributed by atoms with Crippen molar-refractivity contribution in [2.45, 2.75) is 6.92 Å². The average molecular weight is 230 g/mol. The highest BCUT2D eigenvalue weighted by Crippen LogP contribution is 2.32. The van der Waals surface area contributed by atoms with Crippen LogP contribution in [0.3, 0.4) is 0 Å². The Balaban J connectivity index is 2.74. The molecule has 0 radical (unpaired) electrons. The number of amides is 1. The first-order valence-corrected chi connectivity index (χ1v) is 5.03. The Bertz CT molecular complexity index is 608. The van der Waals surface area contributed by atoms with Gasteiger partial charge in [-0.05, 0) is 11.5 Å². The number of carbonyl (C=O) groups is 1. The Morgan fingerprint density at radius 2 is 1.94 bits per heavy atom. The second-order valence-corrected chi connectivity index (χ2v) is 3.62. The van der Waals surface area contributed by atoms with Gasteiger partial charge in [-0.1, -0.05) is 24.3 Å². The molecule has 0 aliphatic heterocycles. The SMILES string of the molecule is CC(=O)Nc1c([N+](=O)[O-])ccc2ccccc12. The topological polar surface area (TPSA) is 72.2 Å². The molecule has 0 unspecified atom stereocenters. The lowest BCUT2D eigenvalue weighted by Gasteiger charge is -2.07. The van der Waals surface area contributed by atoms with Crippen molar-refractivity contribution in [2.75, 3.05) is 5.32 Å². The first kappa shape index (κ1) is 11.1. The van der Waals surface area contributed by atoms with E-state index in [0.717, 1.165) is 5.39 Å². The van der Waals surface area contributed by atoms with Gasteiger partial charge in [0, 0.05) is 18.4 Å². The molecule has 2 aromatic rings. The third-order valence-electron chi connectivity index (χ3n) is 2.40. The number of nitro benzene ring substituents is 1. The van der Waals surface area contributed by atoms with Crippen LogP contribution in [0.4, 0.5) is 11.4 Å². The number of fused-ring (bicyclic) bond motifs is 1. The largest absolute Gasteiger partial charge is 0.320 e. The van der Waals surface area contributed by atoms with Gasteiger partial charge in [-0.3, -0.25) is 14.9 Å². The van der Waals surface area contributed by atoms with E-state index in [4.69, 9.17) is 0 Å². The molecule has 1 N–H and O–H groups in total. The minimum Gasteiger partial charge on any atom is -0.320 e. The first-order chi connectivity index (χ1) is 8.09. The zero-order chi connectivity index (χ0) is 12.4. The predicted molar refractivity (Wildman–Crippen MR) is 64.9 cm³/mol. The molecule has 0 atom stereocenters. The molecule has 0 fully saturated rings. The molecule has 5 heteroatoms. The molecule has 0 heterocycles. The van der Waals surface area contributed by atoms with Crippen LogP contribution in [0.2, 0.25) is 0 Å². The van der Waals surface area contributed by atoms with E-state index in [1.807, 2.05) is 12.1 Å². The van der Waals surface area contributed by atoms with Crippen molar-refractivity contribution >= 4 is 28.1 Å². The number of nitrogens with zero attached hydrogens (tertiary/aromatic N) is 1. The Hall–Kier alpha value is -2.43. The number of rotatable bonds is 2. The van der Waals surface area contributed by atoms with Crippen LogP contribution in [0.15, 0.2) is 36.4 Å². The van der Waals surface area contributed by atoms with Gasteiger partial charge < -0.3 is 5.32 Å². The molecular formula is C12H10N2O3. The maximum atomic E-state index is 11.1. The second kappa shape index (κ2) is 4.21. The third kappa shape index (κ3) is 2.08. The fourth-order valence-electron chi connectivity index (χ4n) is 1.72. The average Bonchev–Trinajstić information content (AvgIpc) is 2.28. The van der Waals surface area contributed by atoms with Crippen LogP contribution in [-0.4, -0.2) is 10.8 Å². The van der Waals surface area contributed by atoms with E-state index in [2.05, 4.69) is 5.32 Å². The summed E-state index contributed by atoms with van der Waals surface area (Å²) in [6.07, 6.45) is 0. The third-order valence-corrected chi connectivity index (χ3v) is 2.40. The van der Waals surface area contributed by atoms with E-state index in [9.17, 15) is 14.9 Å². The normalized spacial score (nSPS) is 10.2. The van der Waals surface area contributed by atoms with Crippen LogP contribution in [0.25, 0.3) is 10.8 Å². The van der Waals surface area contributed by atoms with Crippen molar-refractivity contribution in [2.24, 2.45) is 0 Å². The van der Waals surface area contributed by atoms with Crippen molar-refractivity contribution in [3.05, 3.63) is 46.5 Å². The molecule has 0 aliphatic rings. The van der Waals surface area contributed by atoms with Gasteiger partial charge in [-0.2, -0.15) is 0 Å². The van der Waals surface area contributed by atoms with E-state index in [0.29, 0.717) is 5.39 Å². The van der Waals surface area contributed by atoms with Crippen LogP contribution in [0.5, 0.6) is 0 Å². The van der Waals surface area contributed by atoms with Crippen LogP contribution in [0.1, 0.15) is 6.92 Å². The van der Waals surface area contributed by atoms with Crippen LogP contribution in [-0.2, 0) is 4.79 Å². The van der Waals surface area contributed by atoms with E-state index < -0.39 is 4.92 Å². The minimum absolute atomic E-state index is 0.0982. The zero-order valence-corrected chi connectivity index (χ0v) is 9.14. The number of benzene rings is 2. The fraction of sp³-hybridized carbons (Fsp3) is 0.0833. The molecule has 0 spiro atoms. The molecule has 0 bridgehead atoms. The molecule has 0 saturated heterocycles. The first-order valence-electron chi connectivity index (χ1n) is 5.03. The van der Waals surface area contributed by atoms with Crippen molar-refractivity contribution in [1.82, 2.24) is 0 Å². The highest BCUT2D eigenvalue weighted by atomic mass is 16.6. The van der Waals surface area contributed by atoms with Gasteiger partial charge in [-0.25, -0.2) is 0 Å². The lowest BCUT2D eigenvalue weighted by molar-refractivity contribution is -0.383. The molecule has 1 amide bonds. The summed E-state index contributed by atoms with van der Waals surface area (Å²) < 4.78 is 0. The van der Waals surface area contributed by atoms with Gasteiger partial charge in [0.05, 0.1) is 4.92 Å². The number of carbonyl (C=O) groups excluding carboxylic acids is 1. The summed E-state index contributed by atoms with van der Waals surface area (Å²) >= 11 is 0. The van der Waals surface area contributed by atoms with Crippen molar-refractivity contribution in [3.8, 4) is 0 Å². The van der Waals surface area contributed by atoms with Crippen molar-refractivity contribution in [3.63, 3.8) is 0 Å². The number of hydrogen-bond donors (Lipinski definition) is 1. The quantitative estimate of drug-likeness (QED) is 0.636. The molecule has 17 heavy (non-hydrogen) atoms. The summed E-state index contributed by atoms with van der Waals surface area (Å²) in [4.78, 5) is 21.5. The standard InChI is InChI=1S/C12H10N2O3/c1-8(15)13-12-10-5-3-2-4-9(10)6-7-11(12)14(16)17/h2-7H,1H3,(H,13,15). The molecule has 2 aromatic carbocycles. The summed E-state index contributed by atoms with van der Waals surface area (Å²) in [6.45, 7) is 1.32. The lowest BCUT2D eigenvalue weighted by atomic mass is 10.1. The molecule has 86 valence electrons. The Morgan fingerprint density at radius 3 is 2.59 bits per heavy atom. The smallest absolute Gasteiger partial charge is 0.293 e. The highest BCUT2D eigenvalue weighted by Gasteiger charge is 2.17. The van der Waals surface area contributed by atoms with E-state index in [1.165, 1.54) is 13.0 Å². The van der Waals surface area contributed by atoms with Gasteiger partial charge in [0.25, 0.3) is 5.69 Å². The summed E-state index contributed by atoms with van der Waals surface area (Å²) in [5.74, 6) is -0.329. The van der Waals surface area contributed by atoms with E-state index in [1.54, 1.807) is 18.2 Å². The Morgan fingerprint density at radius 1 is 1.24 bits per heavy atom. The Kier molecular flexibility index (Phi) is 2.74. The van der Waals surface area contributed by atoms with Crippen LogP contribution >= 0.6 is 0 Å². The Labute approximate surface area is 97.2 Å². The fourth-order valence-corrected chi connectivity index (χ4v) is 1.72. The number of anilines is 1. The number of hydrogen-bond acceptors (Lipinski definition) is 3. The second-order valence-electron chi connectivity index (χ2n) is 3.62. The van der Waals surface area contributed by atoms with E-state index in [-0.39, 0.29) is 17.3 Å². The molecular weight excluding hydrogens is 220 g/mol. The summed E-state index contributed by atoms with van der Waals surface area (Å²) in [6, 6.07) is 10.3. The summed E-state index contributed by atoms with van der Waals surface area (Å²) in [5, 5.41) is 14.9. The van der Waals surface area contributed by atoms with Gasteiger partial charge in [0.15, 0.2) is 0 Å². The lowest BCUT2D eigenvalue weighted by Crippen LogP contribution is -2.08. The zero-order valence-electron chi connectivity index (χ0n) is 9.14. The molecule has 5 nitrogen and oxygen atoms in total. The number of nitrogens with one attached hydrogen (secondary N) is 1. The molecule has 2 rings (SSSR count). The van der Waals surface area contributed by atoms with Crippen molar-refractivity contribution < 1.29 is 9.72 Å². The highest BCUT2D eigenvalue weighted by molar-refractivity contribution is 6.05. The molecule has 0 aliphatic carbocycles.